The molecular weight excluding hydrogens is 570 g/mol. The van der Waals surface area contributed by atoms with Crippen LogP contribution in [0.25, 0.3) is 0 Å². The van der Waals surface area contributed by atoms with E-state index in [1.54, 1.807) is 30.3 Å². The number of hydrogen-bond donors (Lipinski definition) is 1. The van der Waals surface area contributed by atoms with Gasteiger partial charge in [0.2, 0.25) is 11.8 Å². The molecule has 44 heavy (non-hydrogen) atoms. The number of rotatable bonds is 14. The first-order valence-electron chi connectivity index (χ1n) is 15.0. The summed E-state index contributed by atoms with van der Waals surface area (Å²) in [6.07, 6.45) is 2.01. The van der Waals surface area contributed by atoms with Gasteiger partial charge in [-0.2, -0.15) is 0 Å². The number of hydrogen-bond acceptors (Lipinski definition) is 4. The van der Waals surface area contributed by atoms with Crippen molar-refractivity contribution in [1.82, 2.24) is 10.2 Å². The van der Waals surface area contributed by atoms with Crippen LogP contribution in [0.3, 0.4) is 0 Å². The monoisotopic (exact) mass is 611 g/mol. The Morgan fingerprint density at radius 1 is 0.773 bits per heavy atom. The molecule has 4 rings (SSSR count). The van der Waals surface area contributed by atoms with Crippen LogP contribution in [0.4, 0.5) is 5.69 Å². The maximum Gasteiger partial charge on any atom is 0.264 e. The summed E-state index contributed by atoms with van der Waals surface area (Å²) in [5, 5.41) is 3.02. The molecule has 0 saturated carbocycles. The quantitative estimate of drug-likeness (QED) is 0.176. The second-order valence-electron chi connectivity index (χ2n) is 11.0. The normalized spacial score (nSPS) is 11.9. The Morgan fingerprint density at radius 3 is 2.05 bits per heavy atom. The van der Waals surface area contributed by atoms with Gasteiger partial charge in [-0.3, -0.25) is 13.9 Å². The summed E-state index contributed by atoms with van der Waals surface area (Å²) in [6, 6.07) is 31.6. The Labute approximate surface area is 261 Å². The molecule has 230 valence electrons. The topological polar surface area (TPSA) is 86.8 Å². The van der Waals surface area contributed by atoms with E-state index in [1.165, 1.54) is 17.0 Å². The first-order chi connectivity index (χ1) is 21.2. The van der Waals surface area contributed by atoms with Crippen molar-refractivity contribution >= 4 is 27.5 Å². The minimum Gasteiger partial charge on any atom is -0.354 e. The smallest absolute Gasteiger partial charge is 0.264 e. The number of sulfonamides is 1. The summed E-state index contributed by atoms with van der Waals surface area (Å²) in [4.78, 5) is 29.9. The lowest BCUT2D eigenvalue weighted by Gasteiger charge is -2.34. The Hall–Kier alpha value is -4.43. The first kappa shape index (κ1) is 32.5. The lowest BCUT2D eigenvalue weighted by molar-refractivity contribution is -0.140. The second kappa shape index (κ2) is 15.3. The van der Waals surface area contributed by atoms with Crippen molar-refractivity contribution in [1.29, 1.82) is 0 Å². The van der Waals surface area contributed by atoms with E-state index in [9.17, 15) is 18.0 Å². The number of carbonyl (C=O) groups excluding carboxylic acids is 2. The number of nitrogens with one attached hydrogen (secondary N) is 1. The minimum atomic E-state index is -4.11. The zero-order valence-corrected chi connectivity index (χ0v) is 26.5. The predicted octanol–water partition coefficient (Wildman–Crippen LogP) is 6.06. The SMILES string of the molecule is CCCCNC(=O)C(Cc1ccccc1)N(Cc1cccc(C)c1)C(=O)CN(c1ccc(C)cc1)S(=O)(=O)c1ccccc1. The van der Waals surface area contributed by atoms with Gasteiger partial charge in [-0.15, -0.1) is 0 Å². The Morgan fingerprint density at radius 2 is 1.41 bits per heavy atom. The molecule has 0 aliphatic carbocycles. The Balaban J connectivity index is 1.78. The van der Waals surface area contributed by atoms with Crippen LogP contribution in [0.15, 0.2) is 114 Å². The lowest BCUT2D eigenvalue weighted by atomic mass is 10.0. The van der Waals surface area contributed by atoms with E-state index < -0.39 is 28.5 Å². The number of benzene rings is 4. The molecule has 4 aromatic carbocycles. The molecule has 0 bridgehead atoms. The Kier molecular flexibility index (Phi) is 11.3. The van der Waals surface area contributed by atoms with Crippen molar-refractivity contribution in [2.24, 2.45) is 0 Å². The summed E-state index contributed by atoms with van der Waals surface area (Å²) in [6.45, 7) is 6.10. The summed E-state index contributed by atoms with van der Waals surface area (Å²) < 4.78 is 29.2. The molecule has 1 atom stereocenters. The van der Waals surface area contributed by atoms with E-state index in [2.05, 4.69) is 5.32 Å². The number of carbonyl (C=O) groups is 2. The van der Waals surface area contributed by atoms with Crippen molar-refractivity contribution in [2.75, 3.05) is 17.4 Å². The van der Waals surface area contributed by atoms with Crippen LogP contribution in [0.5, 0.6) is 0 Å². The molecule has 0 spiro atoms. The number of aryl methyl sites for hydroxylation is 2. The average molecular weight is 612 g/mol. The molecule has 1 N–H and O–H groups in total. The van der Waals surface area contributed by atoms with Crippen LogP contribution in [0, 0.1) is 13.8 Å². The first-order valence-corrected chi connectivity index (χ1v) is 16.4. The minimum absolute atomic E-state index is 0.0803. The fraction of sp³-hybridized carbons (Fsp3) is 0.278. The van der Waals surface area contributed by atoms with Crippen LogP contribution >= 0.6 is 0 Å². The zero-order valence-electron chi connectivity index (χ0n) is 25.6. The van der Waals surface area contributed by atoms with Gasteiger partial charge < -0.3 is 10.2 Å². The molecule has 0 saturated heterocycles. The zero-order chi connectivity index (χ0) is 31.5. The highest BCUT2D eigenvalue weighted by atomic mass is 32.2. The van der Waals surface area contributed by atoms with E-state index in [1.807, 2.05) is 87.5 Å². The van der Waals surface area contributed by atoms with Gasteiger partial charge in [0.25, 0.3) is 10.0 Å². The number of nitrogens with zero attached hydrogens (tertiary/aromatic N) is 2. The van der Waals surface area contributed by atoms with Gasteiger partial charge >= 0.3 is 0 Å². The molecule has 8 heteroatoms. The molecule has 0 radical (unpaired) electrons. The largest absolute Gasteiger partial charge is 0.354 e. The van der Waals surface area contributed by atoms with Gasteiger partial charge in [0.1, 0.15) is 12.6 Å². The molecule has 2 amide bonds. The average Bonchev–Trinajstić information content (AvgIpc) is 3.03. The van der Waals surface area contributed by atoms with Gasteiger partial charge in [0, 0.05) is 19.5 Å². The van der Waals surface area contributed by atoms with E-state index in [-0.39, 0.29) is 23.8 Å². The molecular formula is C36H41N3O4S. The van der Waals surface area contributed by atoms with Crippen LogP contribution in [-0.4, -0.2) is 44.3 Å². The maximum absolute atomic E-state index is 14.5. The molecule has 0 aliphatic heterocycles. The van der Waals surface area contributed by atoms with Crippen LogP contribution in [-0.2, 0) is 32.6 Å². The van der Waals surface area contributed by atoms with Crippen molar-refractivity contribution in [3.8, 4) is 0 Å². The highest BCUT2D eigenvalue weighted by molar-refractivity contribution is 7.92. The standard InChI is InChI=1S/C36H41N3O4S/c1-4-5-23-37-36(41)34(25-30-14-8-6-9-15-30)38(26-31-16-12-13-29(3)24-31)35(40)27-39(32-21-19-28(2)20-22-32)44(42,43)33-17-10-7-11-18-33/h6-22,24,34H,4-5,23,25-27H2,1-3H3,(H,37,41). The van der Waals surface area contributed by atoms with Crippen LogP contribution in [0.1, 0.15) is 42.0 Å². The Bertz CT molecular complexity index is 1630. The third kappa shape index (κ3) is 8.57. The van der Waals surface area contributed by atoms with Gasteiger partial charge in [-0.25, -0.2) is 8.42 Å². The van der Waals surface area contributed by atoms with Gasteiger partial charge in [-0.05, 0) is 55.7 Å². The lowest BCUT2D eigenvalue weighted by Crippen LogP contribution is -2.53. The highest BCUT2D eigenvalue weighted by Crippen LogP contribution is 2.25. The van der Waals surface area contributed by atoms with Gasteiger partial charge in [0.05, 0.1) is 10.6 Å². The van der Waals surface area contributed by atoms with E-state index in [0.717, 1.165) is 39.4 Å². The maximum atomic E-state index is 14.5. The van der Waals surface area contributed by atoms with Crippen LogP contribution in [0.2, 0.25) is 0 Å². The molecule has 0 fully saturated rings. The number of anilines is 1. The molecule has 4 aromatic rings. The second-order valence-corrected chi connectivity index (χ2v) is 12.9. The number of amides is 2. The fourth-order valence-electron chi connectivity index (χ4n) is 5.03. The van der Waals surface area contributed by atoms with Gasteiger partial charge in [-0.1, -0.05) is 109 Å². The van der Waals surface area contributed by atoms with Crippen molar-refractivity contribution < 1.29 is 18.0 Å². The fourth-order valence-corrected chi connectivity index (χ4v) is 6.46. The highest BCUT2D eigenvalue weighted by Gasteiger charge is 2.34. The predicted molar refractivity (Wildman–Crippen MR) is 176 cm³/mol. The summed E-state index contributed by atoms with van der Waals surface area (Å²) in [5.41, 5.74) is 4.11. The van der Waals surface area contributed by atoms with Crippen molar-refractivity contribution in [3.05, 3.63) is 131 Å². The molecule has 7 nitrogen and oxygen atoms in total. The van der Waals surface area contributed by atoms with Crippen molar-refractivity contribution in [2.45, 2.75) is 57.5 Å². The van der Waals surface area contributed by atoms with Crippen LogP contribution < -0.4 is 9.62 Å². The van der Waals surface area contributed by atoms with E-state index in [0.29, 0.717) is 12.2 Å². The number of unbranched alkanes of at least 4 members (excludes halogenated alkanes) is 1. The summed E-state index contributed by atoms with van der Waals surface area (Å²) >= 11 is 0. The summed E-state index contributed by atoms with van der Waals surface area (Å²) in [5.74, 6) is -0.741. The molecule has 0 aliphatic rings. The third-order valence-electron chi connectivity index (χ3n) is 7.47. The molecule has 0 aromatic heterocycles. The molecule has 1 unspecified atom stereocenters. The van der Waals surface area contributed by atoms with Gasteiger partial charge in [0.15, 0.2) is 0 Å². The molecule has 0 heterocycles. The summed E-state index contributed by atoms with van der Waals surface area (Å²) in [7, 11) is -4.11. The van der Waals surface area contributed by atoms with E-state index in [4.69, 9.17) is 0 Å². The van der Waals surface area contributed by atoms with E-state index >= 15 is 0 Å². The van der Waals surface area contributed by atoms with Crippen molar-refractivity contribution in [3.63, 3.8) is 0 Å². The third-order valence-corrected chi connectivity index (χ3v) is 9.26.